The van der Waals surface area contributed by atoms with Crippen LogP contribution < -0.4 is 0 Å². The van der Waals surface area contributed by atoms with E-state index in [2.05, 4.69) is 71.9 Å². The van der Waals surface area contributed by atoms with Crippen LogP contribution in [0.3, 0.4) is 0 Å². The van der Waals surface area contributed by atoms with Gasteiger partial charge in [0.1, 0.15) is 26.4 Å². The van der Waals surface area contributed by atoms with Crippen LogP contribution in [-0.2, 0) is 13.9 Å². The summed E-state index contributed by atoms with van der Waals surface area (Å²) in [5.41, 5.74) is 3.37. The number of hydrogen-bond acceptors (Lipinski definition) is 4. The highest BCUT2D eigenvalue weighted by Gasteiger charge is 2.43. The van der Waals surface area contributed by atoms with Crippen LogP contribution in [0.5, 0.6) is 0 Å². The van der Waals surface area contributed by atoms with Crippen molar-refractivity contribution in [3.63, 3.8) is 0 Å². The summed E-state index contributed by atoms with van der Waals surface area (Å²) in [5, 5.41) is 10.9. The summed E-state index contributed by atoms with van der Waals surface area (Å²) in [6, 6.07) is 0. The second kappa shape index (κ2) is 9.80. The van der Waals surface area contributed by atoms with Crippen LogP contribution in [0.1, 0.15) is 54.4 Å². The summed E-state index contributed by atoms with van der Waals surface area (Å²) < 4.78 is 18.4. The second-order valence-corrected chi connectivity index (χ2v) is 20.7. The van der Waals surface area contributed by atoms with E-state index in [1.54, 1.807) is 0 Å². The molecule has 0 radical (unpaired) electrons. The van der Waals surface area contributed by atoms with Gasteiger partial charge in [0, 0.05) is 12.5 Å². The van der Waals surface area contributed by atoms with Crippen molar-refractivity contribution in [2.24, 2.45) is 0 Å². The number of ether oxygens (including phenoxy) is 2. The minimum atomic E-state index is -1.78. The Morgan fingerprint density at radius 2 is 1.72 bits per heavy atom. The van der Waals surface area contributed by atoms with Gasteiger partial charge in [0.05, 0.1) is 0 Å². The quantitative estimate of drug-likeness (QED) is 0.323. The SMILES string of the molecule is C[C@H](C/C=C\[C@@H](O)[C@H]1OC(C)(C)O[C@H]1CC#C[Si](C)(C)C)O[Si](C)(C)C(C)(C)C. The Balaban J connectivity index is 2.69. The van der Waals surface area contributed by atoms with Crippen LogP contribution in [0.25, 0.3) is 0 Å². The molecule has 1 heterocycles. The first-order valence-corrected chi connectivity index (χ1v) is 17.2. The van der Waals surface area contributed by atoms with Gasteiger partial charge in [-0.2, -0.15) is 0 Å². The first-order valence-electron chi connectivity index (χ1n) is 10.8. The van der Waals surface area contributed by atoms with Crippen molar-refractivity contribution in [3.8, 4) is 11.5 Å². The maximum Gasteiger partial charge on any atom is 0.192 e. The smallest absolute Gasteiger partial charge is 0.192 e. The molecule has 1 aliphatic heterocycles. The van der Waals surface area contributed by atoms with Crippen LogP contribution >= 0.6 is 0 Å². The molecule has 0 aromatic rings. The molecule has 4 nitrogen and oxygen atoms in total. The van der Waals surface area contributed by atoms with Crippen LogP contribution in [0.2, 0.25) is 37.8 Å². The van der Waals surface area contributed by atoms with Crippen LogP contribution in [0.15, 0.2) is 12.2 Å². The summed E-state index contributed by atoms with van der Waals surface area (Å²) in [6.07, 6.45) is 3.92. The van der Waals surface area contributed by atoms with Crippen molar-refractivity contribution in [3.05, 3.63) is 12.2 Å². The van der Waals surface area contributed by atoms with Crippen LogP contribution in [0.4, 0.5) is 0 Å². The molecular weight excluding hydrogens is 396 g/mol. The zero-order valence-corrected chi connectivity index (χ0v) is 22.6. The molecule has 0 aromatic heterocycles. The van der Waals surface area contributed by atoms with Gasteiger partial charge in [0.2, 0.25) is 0 Å². The largest absolute Gasteiger partial charge is 0.414 e. The molecule has 168 valence electrons. The predicted molar refractivity (Wildman–Crippen MR) is 127 cm³/mol. The Morgan fingerprint density at radius 3 is 2.24 bits per heavy atom. The lowest BCUT2D eigenvalue weighted by Gasteiger charge is -2.38. The summed E-state index contributed by atoms with van der Waals surface area (Å²) in [7, 11) is -3.21. The van der Waals surface area contributed by atoms with Crippen LogP contribution in [-0.4, -0.2) is 51.7 Å². The molecule has 29 heavy (non-hydrogen) atoms. The number of aliphatic hydroxyl groups is 1. The van der Waals surface area contributed by atoms with Crippen molar-refractivity contribution >= 4 is 16.4 Å². The van der Waals surface area contributed by atoms with Crippen LogP contribution in [0, 0.1) is 11.5 Å². The van der Waals surface area contributed by atoms with E-state index < -0.39 is 34.4 Å². The maximum absolute atomic E-state index is 10.7. The fourth-order valence-electron chi connectivity index (χ4n) is 2.97. The van der Waals surface area contributed by atoms with Gasteiger partial charge in [-0.25, -0.2) is 0 Å². The van der Waals surface area contributed by atoms with Crippen molar-refractivity contribution in [1.82, 2.24) is 0 Å². The lowest BCUT2D eigenvalue weighted by molar-refractivity contribution is -0.152. The van der Waals surface area contributed by atoms with Gasteiger partial charge in [-0.3, -0.25) is 0 Å². The van der Waals surface area contributed by atoms with E-state index in [0.717, 1.165) is 6.42 Å². The molecule has 0 aromatic carbocycles. The molecule has 0 bridgehead atoms. The van der Waals surface area contributed by atoms with Gasteiger partial charge in [-0.1, -0.05) is 52.6 Å². The van der Waals surface area contributed by atoms with Gasteiger partial charge in [-0.05, 0) is 45.3 Å². The van der Waals surface area contributed by atoms with Crippen molar-refractivity contribution in [2.75, 3.05) is 0 Å². The highest BCUT2D eigenvalue weighted by atomic mass is 28.4. The van der Waals surface area contributed by atoms with Gasteiger partial charge < -0.3 is 19.0 Å². The number of rotatable bonds is 7. The zero-order valence-electron chi connectivity index (χ0n) is 20.6. The summed E-state index contributed by atoms with van der Waals surface area (Å²) in [5.74, 6) is 2.56. The summed E-state index contributed by atoms with van der Waals surface area (Å²) in [6.45, 7) is 23.8. The lowest BCUT2D eigenvalue weighted by atomic mass is 10.0. The van der Waals surface area contributed by atoms with E-state index >= 15 is 0 Å². The molecule has 6 heteroatoms. The highest BCUT2D eigenvalue weighted by molar-refractivity contribution is 6.83. The van der Waals surface area contributed by atoms with Gasteiger partial charge >= 0.3 is 0 Å². The van der Waals surface area contributed by atoms with E-state index in [0.29, 0.717) is 6.42 Å². The molecule has 0 spiro atoms. The zero-order chi connectivity index (χ0) is 22.7. The fraction of sp³-hybridized carbons (Fsp3) is 0.826. The topological polar surface area (TPSA) is 47.9 Å². The summed E-state index contributed by atoms with van der Waals surface area (Å²) in [4.78, 5) is 0. The molecular formula is C23H44O4Si2. The fourth-order valence-corrected chi connectivity index (χ4v) is 5.06. The van der Waals surface area contributed by atoms with Crippen molar-refractivity contribution in [2.45, 2.75) is 122 Å². The molecule has 0 aliphatic carbocycles. The van der Waals surface area contributed by atoms with E-state index in [9.17, 15) is 5.11 Å². The standard InChI is InChI=1S/C23H44O4Si2/c1-18(27-29(10,11)22(2,3)4)14-12-15-19(24)21-20(25-23(5,6)26-21)16-13-17-28(7,8)9/h12,15,18-21,24H,14,16H2,1-11H3/b15-12-/t18-,19-,20+,21-/m1/s1. The Bertz CT molecular complexity index is 618. The van der Waals surface area contributed by atoms with Crippen molar-refractivity contribution in [1.29, 1.82) is 0 Å². The Kier molecular flexibility index (Phi) is 8.99. The molecule has 0 amide bonds. The number of aliphatic hydroxyl groups excluding tert-OH is 1. The third kappa shape index (κ3) is 9.08. The third-order valence-electron chi connectivity index (χ3n) is 5.43. The highest BCUT2D eigenvalue weighted by Crippen LogP contribution is 2.37. The molecule has 0 unspecified atom stereocenters. The monoisotopic (exact) mass is 440 g/mol. The minimum absolute atomic E-state index is 0.120. The second-order valence-electron chi connectivity index (χ2n) is 11.2. The molecule has 1 rings (SSSR count). The number of hydrogen-bond donors (Lipinski definition) is 1. The normalized spacial score (nSPS) is 25.0. The average Bonchev–Trinajstić information content (AvgIpc) is 2.79. The third-order valence-corrected chi connectivity index (χ3v) is 11.0. The molecule has 0 saturated carbocycles. The summed E-state index contributed by atoms with van der Waals surface area (Å²) >= 11 is 0. The average molecular weight is 441 g/mol. The van der Waals surface area contributed by atoms with E-state index in [1.807, 2.05) is 26.0 Å². The van der Waals surface area contributed by atoms with E-state index in [1.165, 1.54) is 0 Å². The Labute approximate surface area is 181 Å². The first kappa shape index (κ1) is 26.6. The molecule has 1 saturated heterocycles. The molecule has 1 fully saturated rings. The Morgan fingerprint density at radius 1 is 1.14 bits per heavy atom. The Hall–Kier alpha value is -0.426. The van der Waals surface area contributed by atoms with E-state index in [4.69, 9.17) is 13.9 Å². The maximum atomic E-state index is 10.7. The van der Waals surface area contributed by atoms with Gasteiger partial charge in [-0.15, -0.1) is 11.5 Å². The van der Waals surface area contributed by atoms with Gasteiger partial charge in [0.25, 0.3) is 0 Å². The first-order chi connectivity index (χ1) is 12.9. The minimum Gasteiger partial charge on any atom is -0.414 e. The molecule has 1 N–H and O–H groups in total. The van der Waals surface area contributed by atoms with Crippen molar-refractivity contribution < 1.29 is 19.0 Å². The van der Waals surface area contributed by atoms with Gasteiger partial charge in [0.15, 0.2) is 14.1 Å². The molecule has 1 aliphatic rings. The van der Waals surface area contributed by atoms with E-state index in [-0.39, 0.29) is 17.2 Å². The molecule has 4 atom stereocenters. The predicted octanol–water partition coefficient (Wildman–Crippen LogP) is 5.49. The lowest BCUT2D eigenvalue weighted by Crippen LogP contribution is -2.43.